The molecule has 1 unspecified atom stereocenters. The fourth-order valence-electron chi connectivity index (χ4n) is 1.97. The van der Waals surface area contributed by atoms with Crippen LogP contribution in [0.5, 0.6) is 5.75 Å². The molecule has 1 rings (SSSR count). The van der Waals surface area contributed by atoms with Crippen molar-refractivity contribution in [1.29, 1.82) is 0 Å². The van der Waals surface area contributed by atoms with Crippen molar-refractivity contribution in [1.82, 2.24) is 0 Å². The van der Waals surface area contributed by atoms with Crippen LogP contribution in [0.2, 0.25) is 5.02 Å². The first-order valence-corrected chi connectivity index (χ1v) is 6.90. The minimum absolute atomic E-state index is 0.0156. The number of carboxylic acids is 1. The van der Waals surface area contributed by atoms with E-state index < -0.39 is 12.0 Å². The van der Waals surface area contributed by atoms with Gasteiger partial charge in [0.15, 0.2) is 0 Å². The molecule has 0 fully saturated rings. The van der Waals surface area contributed by atoms with Gasteiger partial charge >= 0.3 is 5.97 Å². The molecule has 0 aromatic heterocycles. The van der Waals surface area contributed by atoms with Crippen LogP contribution in [0.1, 0.15) is 50.8 Å². The van der Waals surface area contributed by atoms with E-state index in [0.717, 1.165) is 11.1 Å². The molecule has 0 heterocycles. The van der Waals surface area contributed by atoms with Crippen molar-refractivity contribution in [3.63, 3.8) is 0 Å². The predicted octanol–water partition coefficient (Wildman–Crippen LogP) is 3.51. The summed E-state index contributed by atoms with van der Waals surface area (Å²) in [5.41, 5.74) is 7.83. The standard InChI is InChI=1S/C15H22ClNO3/c1-15(2,3)9-7-10(12(17)5-6-13(18)19)14(20-4)11(16)8-9/h7-8,12H,5-6,17H2,1-4H3,(H,18,19). The molecule has 0 bridgehead atoms. The lowest BCUT2D eigenvalue weighted by atomic mass is 9.85. The second-order valence-corrected chi connectivity index (χ2v) is 6.28. The number of halogens is 1. The number of hydrogen-bond donors (Lipinski definition) is 2. The molecule has 20 heavy (non-hydrogen) atoms. The molecule has 0 saturated heterocycles. The Hall–Kier alpha value is -1.26. The molecule has 0 amide bonds. The predicted molar refractivity (Wildman–Crippen MR) is 80.5 cm³/mol. The van der Waals surface area contributed by atoms with Crippen molar-refractivity contribution in [2.24, 2.45) is 5.73 Å². The van der Waals surface area contributed by atoms with E-state index >= 15 is 0 Å². The number of nitrogens with two attached hydrogens (primary N) is 1. The number of ether oxygens (including phenoxy) is 1. The molecular weight excluding hydrogens is 278 g/mol. The van der Waals surface area contributed by atoms with Crippen LogP contribution in [0.4, 0.5) is 0 Å². The second-order valence-electron chi connectivity index (χ2n) is 5.87. The minimum atomic E-state index is -0.863. The van der Waals surface area contributed by atoms with Gasteiger partial charge in [-0.15, -0.1) is 0 Å². The van der Waals surface area contributed by atoms with Crippen molar-refractivity contribution in [2.45, 2.75) is 45.1 Å². The Balaban J connectivity index is 3.21. The van der Waals surface area contributed by atoms with Crippen molar-refractivity contribution in [3.8, 4) is 5.75 Å². The van der Waals surface area contributed by atoms with Crippen LogP contribution >= 0.6 is 11.6 Å². The van der Waals surface area contributed by atoms with E-state index in [9.17, 15) is 4.79 Å². The molecule has 0 saturated carbocycles. The number of methoxy groups -OCH3 is 1. The summed E-state index contributed by atoms with van der Waals surface area (Å²) in [4.78, 5) is 10.7. The van der Waals surface area contributed by atoms with Crippen LogP contribution < -0.4 is 10.5 Å². The molecule has 0 spiro atoms. The molecule has 0 aliphatic heterocycles. The number of benzene rings is 1. The number of carbonyl (C=O) groups is 1. The van der Waals surface area contributed by atoms with Gasteiger partial charge < -0.3 is 15.6 Å². The zero-order valence-electron chi connectivity index (χ0n) is 12.4. The van der Waals surface area contributed by atoms with Gasteiger partial charge in [0, 0.05) is 18.0 Å². The zero-order valence-corrected chi connectivity index (χ0v) is 13.1. The van der Waals surface area contributed by atoms with Gasteiger partial charge in [0.2, 0.25) is 0 Å². The van der Waals surface area contributed by atoms with Crippen molar-refractivity contribution < 1.29 is 14.6 Å². The number of aliphatic carboxylic acids is 1. The van der Waals surface area contributed by atoms with Gasteiger partial charge in [0.05, 0.1) is 12.1 Å². The number of hydrogen-bond acceptors (Lipinski definition) is 3. The summed E-state index contributed by atoms with van der Waals surface area (Å²) in [5.74, 6) is -0.338. The summed E-state index contributed by atoms with van der Waals surface area (Å²) in [6.45, 7) is 6.24. The quantitative estimate of drug-likeness (QED) is 0.872. The van der Waals surface area contributed by atoms with E-state index in [2.05, 4.69) is 20.8 Å². The average molecular weight is 300 g/mol. The van der Waals surface area contributed by atoms with Crippen LogP contribution in [0.25, 0.3) is 0 Å². The van der Waals surface area contributed by atoms with Gasteiger partial charge in [0.25, 0.3) is 0 Å². The fourth-order valence-corrected chi connectivity index (χ4v) is 2.28. The van der Waals surface area contributed by atoms with E-state index in [-0.39, 0.29) is 11.8 Å². The Morgan fingerprint density at radius 1 is 1.45 bits per heavy atom. The third kappa shape index (κ3) is 4.12. The number of rotatable bonds is 5. The molecule has 0 aliphatic rings. The van der Waals surface area contributed by atoms with Gasteiger partial charge in [-0.25, -0.2) is 0 Å². The van der Waals surface area contributed by atoms with Crippen LogP contribution in [0, 0.1) is 0 Å². The SMILES string of the molecule is COc1c(Cl)cc(C(C)(C)C)cc1C(N)CCC(=O)O. The summed E-state index contributed by atoms with van der Waals surface area (Å²) >= 11 is 6.25. The second kappa shape index (κ2) is 6.46. The normalized spacial score (nSPS) is 13.1. The number of carboxylic acid groups (broad SMARTS) is 1. The van der Waals surface area contributed by atoms with Gasteiger partial charge in [-0.3, -0.25) is 4.79 Å². The van der Waals surface area contributed by atoms with Crippen LogP contribution in [0.15, 0.2) is 12.1 Å². The molecule has 4 nitrogen and oxygen atoms in total. The summed E-state index contributed by atoms with van der Waals surface area (Å²) in [6.07, 6.45) is 0.358. The largest absolute Gasteiger partial charge is 0.495 e. The Morgan fingerprint density at radius 2 is 2.05 bits per heavy atom. The maximum absolute atomic E-state index is 10.7. The summed E-state index contributed by atoms with van der Waals surface area (Å²) in [5, 5.41) is 9.26. The van der Waals surface area contributed by atoms with E-state index in [1.165, 1.54) is 7.11 Å². The topological polar surface area (TPSA) is 72.5 Å². The van der Waals surface area contributed by atoms with E-state index in [4.69, 9.17) is 27.2 Å². The van der Waals surface area contributed by atoms with Crippen molar-refractivity contribution in [2.75, 3.05) is 7.11 Å². The van der Waals surface area contributed by atoms with E-state index in [0.29, 0.717) is 17.2 Å². The lowest BCUT2D eigenvalue weighted by molar-refractivity contribution is -0.137. The lowest BCUT2D eigenvalue weighted by Gasteiger charge is -2.24. The average Bonchev–Trinajstić information content (AvgIpc) is 2.33. The minimum Gasteiger partial charge on any atom is -0.495 e. The third-order valence-corrected chi connectivity index (χ3v) is 3.49. The van der Waals surface area contributed by atoms with E-state index in [1.807, 2.05) is 12.1 Å². The molecular formula is C15H22ClNO3. The van der Waals surface area contributed by atoms with Gasteiger partial charge in [-0.1, -0.05) is 32.4 Å². The van der Waals surface area contributed by atoms with Crippen molar-refractivity contribution in [3.05, 3.63) is 28.3 Å². The Labute approximate surface area is 124 Å². The molecule has 0 aliphatic carbocycles. The van der Waals surface area contributed by atoms with Crippen LogP contribution in [-0.4, -0.2) is 18.2 Å². The van der Waals surface area contributed by atoms with Crippen molar-refractivity contribution >= 4 is 17.6 Å². The third-order valence-electron chi connectivity index (χ3n) is 3.21. The smallest absolute Gasteiger partial charge is 0.303 e. The van der Waals surface area contributed by atoms with E-state index in [1.54, 1.807) is 0 Å². The maximum Gasteiger partial charge on any atom is 0.303 e. The molecule has 5 heteroatoms. The highest BCUT2D eigenvalue weighted by Crippen LogP contribution is 2.38. The monoisotopic (exact) mass is 299 g/mol. The van der Waals surface area contributed by atoms with Gasteiger partial charge in [-0.05, 0) is 29.5 Å². The molecule has 3 N–H and O–H groups in total. The first-order valence-electron chi connectivity index (χ1n) is 6.52. The molecule has 112 valence electrons. The zero-order chi connectivity index (χ0) is 15.5. The Kier molecular flexibility index (Phi) is 5.42. The molecule has 1 aromatic rings. The van der Waals surface area contributed by atoms with Crippen LogP contribution in [0.3, 0.4) is 0 Å². The lowest BCUT2D eigenvalue weighted by Crippen LogP contribution is -2.17. The molecule has 1 atom stereocenters. The first kappa shape index (κ1) is 16.8. The highest BCUT2D eigenvalue weighted by Gasteiger charge is 2.22. The molecule has 0 radical (unpaired) electrons. The Morgan fingerprint density at radius 3 is 2.50 bits per heavy atom. The highest BCUT2D eigenvalue weighted by atomic mass is 35.5. The summed E-state index contributed by atoms with van der Waals surface area (Å²) < 4.78 is 5.31. The van der Waals surface area contributed by atoms with Crippen LogP contribution in [-0.2, 0) is 10.2 Å². The highest BCUT2D eigenvalue weighted by molar-refractivity contribution is 6.32. The van der Waals surface area contributed by atoms with Gasteiger partial charge in [-0.2, -0.15) is 0 Å². The Bertz CT molecular complexity index is 495. The summed E-state index contributed by atoms with van der Waals surface area (Å²) in [7, 11) is 1.53. The maximum atomic E-state index is 10.7. The summed E-state index contributed by atoms with van der Waals surface area (Å²) in [6, 6.07) is 3.41. The first-order chi connectivity index (χ1) is 9.16. The molecule has 1 aromatic carbocycles. The fraction of sp³-hybridized carbons (Fsp3) is 0.533. The van der Waals surface area contributed by atoms with Gasteiger partial charge in [0.1, 0.15) is 5.75 Å².